The van der Waals surface area contributed by atoms with E-state index in [0.29, 0.717) is 35.6 Å². The van der Waals surface area contributed by atoms with Gasteiger partial charge in [0, 0.05) is 24.3 Å². The minimum atomic E-state index is -0.479. The second kappa shape index (κ2) is 8.91. The van der Waals surface area contributed by atoms with E-state index >= 15 is 0 Å². The zero-order valence-corrected chi connectivity index (χ0v) is 17.4. The van der Waals surface area contributed by atoms with Crippen LogP contribution in [-0.2, 0) is 11.3 Å². The monoisotopic (exact) mass is 388 g/mol. The van der Waals surface area contributed by atoms with E-state index in [1.807, 2.05) is 20.8 Å². The Morgan fingerprint density at radius 1 is 1.25 bits per heavy atom. The average molecular weight is 388 g/mol. The molecule has 2 rings (SSSR count). The van der Waals surface area contributed by atoms with Gasteiger partial charge in [0.2, 0.25) is 0 Å². The van der Waals surface area contributed by atoms with Gasteiger partial charge < -0.3 is 18.6 Å². The molecule has 2 aromatic rings. The number of carbonyl (C=O) groups is 3. The van der Waals surface area contributed by atoms with Gasteiger partial charge in [-0.25, -0.2) is 4.79 Å². The average Bonchev–Trinajstić information content (AvgIpc) is 3.25. The Balaban J connectivity index is 2.39. The van der Waals surface area contributed by atoms with Gasteiger partial charge in [-0.05, 0) is 44.4 Å². The molecule has 7 heteroatoms. The van der Waals surface area contributed by atoms with Crippen molar-refractivity contribution >= 4 is 17.7 Å². The first-order valence-corrected chi connectivity index (χ1v) is 9.36. The number of ketones is 1. The molecule has 0 aromatic carbocycles. The smallest absolute Gasteiger partial charge is 0.354 e. The van der Waals surface area contributed by atoms with Gasteiger partial charge in [-0.2, -0.15) is 0 Å². The lowest BCUT2D eigenvalue weighted by atomic mass is 10.0. The molecule has 0 bridgehead atoms. The molecule has 152 valence electrons. The molecule has 0 saturated heterocycles. The summed E-state index contributed by atoms with van der Waals surface area (Å²) in [6.45, 7) is 10.3. The summed E-state index contributed by atoms with van der Waals surface area (Å²) in [5.74, 6) is -0.645. The number of Topliss-reactive ketones (excluding diaryl/α,β-unsaturated/α-hetero) is 1. The second-order valence-corrected chi connectivity index (χ2v) is 7.15. The number of rotatable bonds is 8. The van der Waals surface area contributed by atoms with Crippen LogP contribution in [0.1, 0.15) is 63.4 Å². The lowest BCUT2D eigenvalue weighted by Gasteiger charge is -2.23. The quantitative estimate of drug-likeness (QED) is 0.511. The molecule has 0 aliphatic rings. The molecule has 1 amide bonds. The highest BCUT2D eigenvalue weighted by Gasteiger charge is 2.29. The molecule has 0 spiro atoms. The second-order valence-electron chi connectivity index (χ2n) is 7.15. The van der Waals surface area contributed by atoms with Gasteiger partial charge in [-0.3, -0.25) is 9.59 Å². The molecule has 0 aliphatic carbocycles. The Morgan fingerprint density at radius 2 is 1.93 bits per heavy atom. The topological polar surface area (TPSA) is 81.8 Å². The fraction of sp³-hybridized carbons (Fsp3) is 0.476. The van der Waals surface area contributed by atoms with Crippen LogP contribution in [0.4, 0.5) is 0 Å². The van der Waals surface area contributed by atoms with Crippen molar-refractivity contribution in [3.05, 3.63) is 46.7 Å². The SMILES string of the molecule is CCn1c(C)c(C(=O)CN(CC(C)C)C(=O)c2ccco2)c(C)c1C(=O)OC. The van der Waals surface area contributed by atoms with Crippen molar-refractivity contribution in [3.63, 3.8) is 0 Å². The van der Waals surface area contributed by atoms with Crippen LogP contribution in [0.3, 0.4) is 0 Å². The van der Waals surface area contributed by atoms with E-state index in [-0.39, 0.29) is 29.9 Å². The molecule has 7 nitrogen and oxygen atoms in total. The van der Waals surface area contributed by atoms with Crippen molar-refractivity contribution in [3.8, 4) is 0 Å². The number of hydrogen-bond acceptors (Lipinski definition) is 5. The molecule has 2 heterocycles. The van der Waals surface area contributed by atoms with Gasteiger partial charge in [0.1, 0.15) is 5.69 Å². The number of aromatic nitrogens is 1. The molecule has 28 heavy (non-hydrogen) atoms. The lowest BCUT2D eigenvalue weighted by molar-refractivity contribution is 0.0587. The van der Waals surface area contributed by atoms with E-state index in [9.17, 15) is 14.4 Å². The maximum Gasteiger partial charge on any atom is 0.354 e. The minimum absolute atomic E-state index is 0.0896. The molecule has 0 saturated carbocycles. The van der Waals surface area contributed by atoms with Gasteiger partial charge in [-0.15, -0.1) is 0 Å². The number of nitrogens with zero attached hydrogens (tertiary/aromatic N) is 2. The van der Waals surface area contributed by atoms with Crippen LogP contribution in [0.25, 0.3) is 0 Å². The summed E-state index contributed by atoms with van der Waals surface area (Å²) in [5, 5.41) is 0. The number of furan rings is 1. The zero-order chi connectivity index (χ0) is 21.0. The molecular weight excluding hydrogens is 360 g/mol. The third-order valence-corrected chi connectivity index (χ3v) is 4.68. The van der Waals surface area contributed by atoms with Crippen molar-refractivity contribution < 1.29 is 23.5 Å². The van der Waals surface area contributed by atoms with Gasteiger partial charge in [0.05, 0.1) is 19.9 Å². The first-order chi connectivity index (χ1) is 13.2. The van der Waals surface area contributed by atoms with Crippen LogP contribution in [0.2, 0.25) is 0 Å². The van der Waals surface area contributed by atoms with Gasteiger partial charge >= 0.3 is 5.97 Å². The van der Waals surface area contributed by atoms with Crippen LogP contribution in [-0.4, -0.2) is 47.3 Å². The van der Waals surface area contributed by atoms with Crippen molar-refractivity contribution in [2.75, 3.05) is 20.2 Å². The van der Waals surface area contributed by atoms with E-state index in [2.05, 4.69) is 0 Å². The summed E-state index contributed by atoms with van der Waals surface area (Å²) < 4.78 is 11.9. The van der Waals surface area contributed by atoms with Crippen LogP contribution in [0, 0.1) is 19.8 Å². The molecule has 0 fully saturated rings. The van der Waals surface area contributed by atoms with E-state index in [4.69, 9.17) is 9.15 Å². The molecule has 0 N–H and O–H groups in total. The third kappa shape index (κ3) is 4.18. The summed E-state index contributed by atoms with van der Waals surface area (Å²) in [6, 6.07) is 3.22. The third-order valence-electron chi connectivity index (χ3n) is 4.68. The number of ether oxygens (including phenoxy) is 1. The molecule has 2 aromatic heterocycles. The Kier molecular flexibility index (Phi) is 6.83. The fourth-order valence-corrected chi connectivity index (χ4v) is 3.53. The Bertz CT molecular complexity index is 862. The Hall–Kier alpha value is -2.83. The first kappa shape index (κ1) is 21.5. The highest BCUT2D eigenvalue weighted by Crippen LogP contribution is 2.24. The maximum absolute atomic E-state index is 13.2. The summed E-state index contributed by atoms with van der Waals surface area (Å²) in [4.78, 5) is 39.6. The van der Waals surface area contributed by atoms with Crippen molar-refractivity contribution in [1.82, 2.24) is 9.47 Å². The minimum Gasteiger partial charge on any atom is -0.464 e. The zero-order valence-electron chi connectivity index (χ0n) is 17.4. The number of hydrogen-bond donors (Lipinski definition) is 0. The van der Waals surface area contributed by atoms with Crippen LogP contribution >= 0.6 is 0 Å². The first-order valence-electron chi connectivity index (χ1n) is 9.36. The lowest BCUT2D eigenvalue weighted by Crippen LogP contribution is -2.38. The largest absolute Gasteiger partial charge is 0.464 e. The van der Waals surface area contributed by atoms with Crippen LogP contribution in [0.15, 0.2) is 22.8 Å². The van der Waals surface area contributed by atoms with Crippen molar-refractivity contribution in [2.45, 2.75) is 41.2 Å². The number of amides is 1. The summed E-state index contributed by atoms with van der Waals surface area (Å²) in [7, 11) is 1.32. The fourth-order valence-electron chi connectivity index (χ4n) is 3.53. The van der Waals surface area contributed by atoms with E-state index in [1.165, 1.54) is 18.3 Å². The van der Waals surface area contributed by atoms with Gasteiger partial charge in [0.25, 0.3) is 5.91 Å². The van der Waals surface area contributed by atoms with E-state index in [1.54, 1.807) is 30.5 Å². The summed E-state index contributed by atoms with van der Waals surface area (Å²) in [5.41, 5.74) is 2.10. The maximum atomic E-state index is 13.2. The Morgan fingerprint density at radius 3 is 2.43 bits per heavy atom. The molecular formula is C21H28N2O5. The molecule has 0 aliphatic heterocycles. The molecule has 0 radical (unpaired) electrons. The van der Waals surface area contributed by atoms with Crippen molar-refractivity contribution in [2.24, 2.45) is 5.92 Å². The highest BCUT2D eigenvalue weighted by atomic mass is 16.5. The Labute approximate surface area is 165 Å². The van der Waals surface area contributed by atoms with E-state index < -0.39 is 5.97 Å². The summed E-state index contributed by atoms with van der Waals surface area (Å²) >= 11 is 0. The van der Waals surface area contributed by atoms with Crippen LogP contribution < -0.4 is 0 Å². The van der Waals surface area contributed by atoms with Crippen molar-refractivity contribution in [1.29, 1.82) is 0 Å². The molecule has 0 atom stereocenters. The number of esters is 1. The standard InChI is InChI=1S/C21H28N2O5/c1-7-23-15(5)18(14(4)19(23)21(26)27-6)16(24)12-22(11-13(2)3)20(25)17-9-8-10-28-17/h8-10,13H,7,11-12H2,1-6H3. The highest BCUT2D eigenvalue weighted by molar-refractivity contribution is 6.05. The predicted molar refractivity (Wildman–Crippen MR) is 105 cm³/mol. The van der Waals surface area contributed by atoms with Crippen LogP contribution in [0.5, 0.6) is 0 Å². The van der Waals surface area contributed by atoms with Gasteiger partial charge in [0.15, 0.2) is 11.5 Å². The predicted octanol–water partition coefficient (Wildman–Crippen LogP) is 3.49. The summed E-state index contributed by atoms with van der Waals surface area (Å²) in [6.07, 6.45) is 1.43. The number of methoxy groups -OCH3 is 1. The van der Waals surface area contributed by atoms with E-state index in [0.717, 1.165) is 0 Å². The normalized spacial score (nSPS) is 11.0. The van der Waals surface area contributed by atoms with Gasteiger partial charge in [-0.1, -0.05) is 13.8 Å². The number of carbonyl (C=O) groups excluding carboxylic acids is 3. The molecule has 0 unspecified atom stereocenters.